The Morgan fingerprint density at radius 1 is 0.720 bits per heavy atom. The SMILES string of the molecule is CC[C@@H](C)C[C@@H](C)CCCCCCCCC(=O)N[C@@H]1C[C@H](O)[C@H](O)NC(=O)[C@H]2[C@H](O)CCN2C(=O)[C@@H]([C@@H](O)CC(N)=O)NC(=O)[C@@H]([C@@H](O)[C@H](O)c2ccc(O)cc2)NC(=O)[C@H]2C[C@H](O)CN2C(=O)[C@@H]([C@H](C)O)NC1=O. The van der Waals surface area contributed by atoms with Gasteiger partial charge in [-0.05, 0) is 55.7 Å². The van der Waals surface area contributed by atoms with Crippen LogP contribution in [0.15, 0.2) is 24.3 Å². The van der Waals surface area contributed by atoms with Crippen molar-refractivity contribution in [2.75, 3.05) is 13.1 Å². The largest absolute Gasteiger partial charge is 0.508 e. The number of aliphatic hydroxyl groups excluding tert-OH is 8. The van der Waals surface area contributed by atoms with Gasteiger partial charge in [-0.15, -0.1) is 0 Å². The third-order valence-corrected chi connectivity index (χ3v) is 14.3. The highest BCUT2D eigenvalue weighted by molar-refractivity contribution is 5.98. The Balaban J connectivity index is 1.69. The first-order valence-electron chi connectivity index (χ1n) is 26.0. The van der Waals surface area contributed by atoms with Crippen molar-refractivity contribution in [2.24, 2.45) is 17.6 Å². The third kappa shape index (κ3) is 17.8. The average molecular weight is 1070 g/mol. The minimum absolute atomic E-state index is 0.0795. The lowest BCUT2D eigenvalue weighted by atomic mass is 9.91. The van der Waals surface area contributed by atoms with Crippen LogP contribution in [0.5, 0.6) is 5.75 Å². The number of nitrogens with one attached hydrogen (secondary N) is 5. The highest BCUT2D eigenvalue weighted by Crippen LogP contribution is 2.27. The molecule has 0 spiro atoms. The molecule has 3 saturated heterocycles. The van der Waals surface area contributed by atoms with Crippen LogP contribution in [0.4, 0.5) is 0 Å². The second-order valence-corrected chi connectivity index (χ2v) is 20.6. The molecule has 3 aliphatic heterocycles. The van der Waals surface area contributed by atoms with Crippen molar-refractivity contribution in [1.82, 2.24) is 36.4 Å². The van der Waals surface area contributed by atoms with Crippen LogP contribution < -0.4 is 32.3 Å². The number of carbonyl (C=O) groups excluding carboxylic acids is 8. The van der Waals surface area contributed by atoms with Gasteiger partial charge < -0.3 is 88.1 Å². The summed E-state index contributed by atoms with van der Waals surface area (Å²) < 4.78 is 0. The normalized spacial score (nSPS) is 29.0. The van der Waals surface area contributed by atoms with Crippen molar-refractivity contribution in [2.45, 2.75) is 203 Å². The zero-order valence-electron chi connectivity index (χ0n) is 43.1. The molecule has 3 fully saturated rings. The van der Waals surface area contributed by atoms with Gasteiger partial charge in [0.05, 0.1) is 30.8 Å². The highest BCUT2D eigenvalue weighted by Gasteiger charge is 2.49. The van der Waals surface area contributed by atoms with Gasteiger partial charge in [0.2, 0.25) is 47.3 Å². The van der Waals surface area contributed by atoms with Crippen LogP contribution in [-0.2, 0) is 38.4 Å². The summed E-state index contributed by atoms with van der Waals surface area (Å²) in [6.45, 7) is 6.76. The van der Waals surface area contributed by atoms with Crippen LogP contribution in [0.25, 0.3) is 0 Å². The number of aliphatic hydroxyl groups is 8. The first kappa shape index (κ1) is 62.0. The van der Waals surface area contributed by atoms with Gasteiger partial charge in [-0.25, -0.2) is 0 Å². The molecule has 25 heteroatoms. The monoisotopic (exact) mass is 1060 g/mol. The number of phenolic OH excluding ortho intramolecular Hbond substituents is 1. The lowest BCUT2D eigenvalue weighted by Gasteiger charge is -2.34. The van der Waals surface area contributed by atoms with Crippen LogP contribution in [-0.4, -0.2) is 195 Å². The highest BCUT2D eigenvalue weighted by atomic mass is 16.3. The van der Waals surface area contributed by atoms with Gasteiger partial charge in [0, 0.05) is 32.4 Å². The average Bonchev–Trinajstić information content (AvgIpc) is 3.95. The molecule has 8 amide bonds. The molecule has 1 aromatic carbocycles. The maximum absolute atomic E-state index is 14.4. The van der Waals surface area contributed by atoms with E-state index in [1.54, 1.807) is 0 Å². The molecule has 3 heterocycles. The molecule has 16 N–H and O–H groups in total. The minimum atomic E-state index is -2.36. The molecule has 0 bridgehead atoms. The van der Waals surface area contributed by atoms with Crippen molar-refractivity contribution in [1.29, 1.82) is 0 Å². The quantitative estimate of drug-likeness (QED) is 0.0568. The van der Waals surface area contributed by atoms with Gasteiger partial charge in [-0.1, -0.05) is 77.8 Å². The molecule has 422 valence electrons. The lowest BCUT2D eigenvalue weighted by Crippen LogP contribution is -2.64. The van der Waals surface area contributed by atoms with E-state index in [0.29, 0.717) is 29.6 Å². The van der Waals surface area contributed by atoms with Crippen LogP contribution >= 0.6 is 0 Å². The third-order valence-electron chi connectivity index (χ3n) is 14.3. The number of rotatable bonds is 20. The lowest BCUT2D eigenvalue weighted by molar-refractivity contribution is -0.149. The maximum atomic E-state index is 14.4. The summed E-state index contributed by atoms with van der Waals surface area (Å²) in [6, 6.07) is -7.37. The molecule has 0 radical (unpaired) electrons. The summed E-state index contributed by atoms with van der Waals surface area (Å²) in [6.07, 6.45) is -10.2. The second-order valence-electron chi connectivity index (χ2n) is 20.6. The number of hydrogen-bond acceptors (Lipinski definition) is 17. The number of hydrogen-bond donors (Lipinski definition) is 15. The number of phenols is 1. The van der Waals surface area contributed by atoms with E-state index in [0.717, 1.165) is 74.6 Å². The van der Waals surface area contributed by atoms with Gasteiger partial charge >= 0.3 is 0 Å². The van der Waals surface area contributed by atoms with Gasteiger partial charge in [0.25, 0.3) is 0 Å². The van der Waals surface area contributed by atoms with Crippen LogP contribution in [0, 0.1) is 11.8 Å². The zero-order chi connectivity index (χ0) is 55.8. The van der Waals surface area contributed by atoms with Gasteiger partial charge in [-0.3, -0.25) is 38.4 Å². The molecule has 4 rings (SSSR count). The number of fused-ring (bicyclic) bond motifs is 2. The Kier molecular flexibility index (Phi) is 24.1. The molecule has 75 heavy (non-hydrogen) atoms. The second kappa shape index (κ2) is 29.1. The summed E-state index contributed by atoms with van der Waals surface area (Å²) in [5.41, 5.74) is 5.21. The molecule has 0 aromatic heterocycles. The van der Waals surface area contributed by atoms with E-state index in [9.17, 15) is 84.3 Å². The van der Waals surface area contributed by atoms with Crippen LogP contribution in [0.1, 0.15) is 129 Å². The number of unbranched alkanes of at least 4 members (excludes halogenated alkanes) is 5. The van der Waals surface area contributed by atoms with Crippen LogP contribution in [0.3, 0.4) is 0 Å². The summed E-state index contributed by atoms with van der Waals surface area (Å²) in [5.74, 6) is -8.59. The van der Waals surface area contributed by atoms with E-state index in [1.165, 1.54) is 6.42 Å². The molecule has 25 nitrogen and oxygen atoms in total. The fourth-order valence-corrected chi connectivity index (χ4v) is 9.79. The number of benzene rings is 1. The fourth-order valence-electron chi connectivity index (χ4n) is 9.79. The number of nitrogens with two attached hydrogens (primary N) is 1. The molecule has 0 saturated carbocycles. The molecule has 0 unspecified atom stereocenters. The molecular formula is C50H80N8O17. The summed E-state index contributed by atoms with van der Waals surface area (Å²) >= 11 is 0. The first-order chi connectivity index (χ1) is 35.3. The molecule has 3 aliphatic rings. The van der Waals surface area contributed by atoms with E-state index < -0.39 is 165 Å². The summed E-state index contributed by atoms with van der Waals surface area (Å²) in [5, 5.41) is 110. The van der Waals surface area contributed by atoms with E-state index in [4.69, 9.17) is 5.73 Å². The van der Waals surface area contributed by atoms with E-state index >= 15 is 0 Å². The standard InChI is InChI=1S/C50H80N8O17/c1-5-25(2)20-26(3)12-10-8-6-7-9-11-13-37(66)52-31-22-35(64)46(71)56-48(73)41-33(62)18-19-57(41)50(75)39(34(63)23-36(51)65)54-47(72)40(43(68)42(67)28-14-16-29(60)17-15-28)55-45(70)32-21-30(61)24-58(32)49(74)38(27(4)59)53-44(31)69/h14-17,25-27,30-35,38-43,46,59-64,67-68,71H,5-13,18-24H2,1-4H3,(H2,51,65)(H,52,66)(H,53,69)(H,54,72)(H,55,70)(H,56,73)/t25-,26+,27+,30+,31-,32-,33-,34+,35+,38-,39-,40-,41-,42-,43-,46+/m1/s1. The van der Waals surface area contributed by atoms with Crippen molar-refractivity contribution in [3.8, 4) is 5.75 Å². The zero-order valence-corrected chi connectivity index (χ0v) is 43.1. The molecule has 1 aromatic rings. The van der Waals surface area contributed by atoms with Gasteiger partial charge in [-0.2, -0.15) is 0 Å². The van der Waals surface area contributed by atoms with Gasteiger partial charge in [0.15, 0.2) is 6.23 Å². The van der Waals surface area contributed by atoms with Crippen LogP contribution in [0.2, 0.25) is 0 Å². The maximum Gasteiger partial charge on any atom is 0.248 e. The van der Waals surface area contributed by atoms with E-state index in [2.05, 4.69) is 47.4 Å². The first-order valence-corrected chi connectivity index (χ1v) is 26.0. The molecule has 0 aliphatic carbocycles. The Morgan fingerprint density at radius 3 is 1.95 bits per heavy atom. The predicted octanol–water partition coefficient (Wildman–Crippen LogP) is -3.34. The fraction of sp³-hybridized carbons (Fsp3) is 0.720. The number of carbonyl (C=O) groups is 8. The number of aromatic hydroxyl groups is 1. The Hall–Kier alpha value is -5.54. The number of nitrogens with zero attached hydrogens (tertiary/aromatic N) is 2. The Labute approximate surface area is 436 Å². The smallest absolute Gasteiger partial charge is 0.248 e. The van der Waals surface area contributed by atoms with Gasteiger partial charge in [0.1, 0.15) is 60.3 Å². The van der Waals surface area contributed by atoms with Crippen molar-refractivity contribution in [3.63, 3.8) is 0 Å². The number of primary amides is 1. The molecule has 16 atom stereocenters. The number of amides is 8. The minimum Gasteiger partial charge on any atom is -0.508 e. The summed E-state index contributed by atoms with van der Waals surface area (Å²) in [4.78, 5) is 112. The molecular weight excluding hydrogens is 985 g/mol. The van der Waals surface area contributed by atoms with Crippen molar-refractivity contribution in [3.05, 3.63) is 29.8 Å². The Morgan fingerprint density at radius 2 is 1.32 bits per heavy atom. The summed E-state index contributed by atoms with van der Waals surface area (Å²) in [7, 11) is 0. The topological polar surface area (TPSA) is 411 Å². The predicted molar refractivity (Wildman–Crippen MR) is 265 cm³/mol. The Bertz CT molecular complexity index is 2100. The van der Waals surface area contributed by atoms with E-state index in [1.807, 2.05) is 0 Å². The van der Waals surface area contributed by atoms with E-state index in [-0.39, 0.29) is 24.2 Å². The van der Waals surface area contributed by atoms with Crippen molar-refractivity contribution < 1.29 is 84.3 Å². The van der Waals surface area contributed by atoms with Crippen molar-refractivity contribution >= 4 is 47.3 Å².